The molecule has 0 saturated carbocycles. The third kappa shape index (κ3) is 2.32. The van der Waals surface area contributed by atoms with E-state index in [4.69, 9.17) is 9.47 Å². The first-order chi connectivity index (χ1) is 9.83. The van der Waals surface area contributed by atoms with E-state index < -0.39 is 0 Å². The summed E-state index contributed by atoms with van der Waals surface area (Å²) in [7, 11) is 0. The molecule has 0 aromatic heterocycles. The van der Waals surface area contributed by atoms with E-state index in [0.29, 0.717) is 6.61 Å². The second-order valence-corrected chi connectivity index (χ2v) is 5.10. The lowest BCUT2D eigenvalue weighted by atomic mass is 9.93. The lowest BCUT2D eigenvalue weighted by Gasteiger charge is -2.28. The van der Waals surface area contributed by atoms with Gasteiger partial charge < -0.3 is 9.47 Å². The number of fused-ring (bicyclic) bond motifs is 3. The second kappa shape index (κ2) is 5.68. The van der Waals surface area contributed by atoms with Crippen molar-refractivity contribution in [2.75, 3.05) is 6.61 Å². The average Bonchev–Trinajstić information content (AvgIpc) is 2.48. The molecule has 0 saturated heterocycles. The maximum absolute atomic E-state index is 6.09. The minimum atomic E-state index is -0.114. The van der Waals surface area contributed by atoms with Crippen LogP contribution < -0.4 is 4.74 Å². The van der Waals surface area contributed by atoms with Crippen LogP contribution in [-0.4, -0.2) is 12.9 Å². The SMILES string of the molecule is C=CCc1cc2ccccc2c2c1OC(OCC)CC2. The topological polar surface area (TPSA) is 18.5 Å². The van der Waals surface area contributed by atoms with Crippen molar-refractivity contribution in [2.45, 2.75) is 32.5 Å². The average molecular weight is 268 g/mol. The molecule has 1 unspecified atom stereocenters. The van der Waals surface area contributed by atoms with Crippen molar-refractivity contribution in [3.63, 3.8) is 0 Å². The Kier molecular flexibility index (Phi) is 3.75. The van der Waals surface area contributed by atoms with Crippen molar-refractivity contribution < 1.29 is 9.47 Å². The van der Waals surface area contributed by atoms with Crippen molar-refractivity contribution in [3.8, 4) is 5.75 Å². The highest BCUT2D eigenvalue weighted by atomic mass is 16.7. The van der Waals surface area contributed by atoms with Gasteiger partial charge in [0.1, 0.15) is 5.75 Å². The van der Waals surface area contributed by atoms with Gasteiger partial charge >= 0.3 is 0 Å². The second-order valence-electron chi connectivity index (χ2n) is 5.10. The highest BCUT2D eigenvalue weighted by Crippen LogP contribution is 2.38. The third-order valence-electron chi connectivity index (χ3n) is 3.78. The van der Waals surface area contributed by atoms with Crippen molar-refractivity contribution in [3.05, 3.63) is 54.1 Å². The lowest BCUT2D eigenvalue weighted by Crippen LogP contribution is -2.26. The molecule has 0 radical (unpaired) electrons. The fourth-order valence-corrected chi connectivity index (χ4v) is 2.93. The van der Waals surface area contributed by atoms with Crippen LogP contribution in [0.15, 0.2) is 43.0 Å². The molecular formula is C18H20O2. The van der Waals surface area contributed by atoms with Gasteiger partial charge in [-0.25, -0.2) is 0 Å². The highest BCUT2D eigenvalue weighted by molar-refractivity contribution is 5.89. The van der Waals surface area contributed by atoms with Crippen LogP contribution in [0, 0.1) is 0 Å². The fourth-order valence-electron chi connectivity index (χ4n) is 2.93. The zero-order valence-corrected chi connectivity index (χ0v) is 11.9. The van der Waals surface area contributed by atoms with E-state index in [1.807, 2.05) is 13.0 Å². The van der Waals surface area contributed by atoms with E-state index in [9.17, 15) is 0 Å². The van der Waals surface area contributed by atoms with Crippen LogP contribution in [0.5, 0.6) is 5.75 Å². The van der Waals surface area contributed by atoms with Gasteiger partial charge in [-0.2, -0.15) is 0 Å². The normalized spacial score (nSPS) is 17.6. The standard InChI is InChI=1S/C18H20O2/c1-3-7-14-12-13-8-5-6-9-15(13)16-10-11-17(19-4-2)20-18(14)16/h3,5-6,8-9,12,17H,1,4,7,10-11H2,2H3. The number of rotatable bonds is 4. The molecule has 0 bridgehead atoms. The molecule has 1 aliphatic rings. The predicted octanol–water partition coefficient (Wildman–Crippen LogP) is 4.26. The minimum Gasteiger partial charge on any atom is -0.464 e. The number of benzene rings is 2. The Bertz CT molecular complexity index is 631. The van der Waals surface area contributed by atoms with Gasteiger partial charge in [-0.1, -0.05) is 30.3 Å². The first kappa shape index (κ1) is 13.2. The van der Waals surface area contributed by atoms with E-state index in [0.717, 1.165) is 25.0 Å². The summed E-state index contributed by atoms with van der Waals surface area (Å²) in [5.41, 5.74) is 2.52. The van der Waals surface area contributed by atoms with Gasteiger partial charge in [-0.05, 0) is 42.2 Å². The Balaban J connectivity index is 2.12. The van der Waals surface area contributed by atoms with Crippen molar-refractivity contribution in [1.82, 2.24) is 0 Å². The largest absolute Gasteiger partial charge is 0.464 e. The minimum absolute atomic E-state index is 0.114. The molecule has 1 aliphatic heterocycles. The summed E-state index contributed by atoms with van der Waals surface area (Å²) >= 11 is 0. The fraction of sp³-hybridized carbons (Fsp3) is 0.333. The van der Waals surface area contributed by atoms with E-state index in [1.54, 1.807) is 0 Å². The summed E-state index contributed by atoms with van der Waals surface area (Å²) in [5.74, 6) is 1.01. The van der Waals surface area contributed by atoms with Gasteiger partial charge in [-0.15, -0.1) is 6.58 Å². The number of allylic oxidation sites excluding steroid dienone is 1. The Morgan fingerprint density at radius 2 is 2.25 bits per heavy atom. The Morgan fingerprint density at radius 3 is 3.05 bits per heavy atom. The van der Waals surface area contributed by atoms with E-state index >= 15 is 0 Å². The lowest BCUT2D eigenvalue weighted by molar-refractivity contribution is -0.0863. The summed E-state index contributed by atoms with van der Waals surface area (Å²) in [6.45, 7) is 6.54. The Labute approximate surface area is 120 Å². The van der Waals surface area contributed by atoms with Crippen molar-refractivity contribution in [2.24, 2.45) is 0 Å². The molecule has 1 heterocycles. The molecule has 104 valence electrons. The molecule has 2 aromatic carbocycles. The number of aryl methyl sites for hydroxylation is 1. The van der Waals surface area contributed by atoms with Gasteiger partial charge in [0.2, 0.25) is 0 Å². The maximum Gasteiger partial charge on any atom is 0.200 e. The van der Waals surface area contributed by atoms with Crippen LogP contribution in [0.1, 0.15) is 24.5 Å². The van der Waals surface area contributed by atoms with E-state index in [-0.39, 0.29) is 6.29 Å². The molecule has 1 atom stereocenters. The van der Waals surface area contributed by atoms with Crippen LogP contribution in [0.3, 0.4) is 0 Å². The van der Waals surface area contributed by atoms with Crippen molar-refractivity contribution >= 4 is 10.8 Å². The zero-order valence-electron chi connectivity index (χ0n) is 11.9. The van der Waals surface area contributed by atoms with E-state index in [2.05, 4.69) is 36.9 Å². The number of hydrogen-bond acceptors (Lipinski definition) is 2. The molecule has 0 spiro atoms. The molecular weight excluding hydrogens is 248 g/mol. The Hall–Kier alpha value is -1.80. The molecule has 2 heteroatoms. The van der Waals surface area contributed by atoms with Gasteiger partial charge in [-0.3, -0.25) is 0 Å². The quantitative estimate of drug-likeness (QED) is 0.771. The van der Waals surface area contributed by atoms with Crippen LogP contribution in [0.25, 0.3) is 10.8 Å². The molecule has 0 amide bonds. The van der Waals surface area contributed by atoms with Crippen LogP contribution in [0.4, 0.5) is 0 Å². The summed E-state index contributed by atoms with van der Waals surface area (Å²) < 4.78 is 11.7. The molecule has 0 N–H and O–H groups in total. The molecule has 0 fully saturated rings. The summed E-state index contributed by atoms with van der Waals surface area (Å²) in [6, 6.07) is 10.7. The van der Waals surface area contributed by atoms with Crippen LogP contribution in [0.2, 0.25) is 0 Å². The maximum atomic E-state index is 6.09. The van der Waals surface area contributed by atoms with Gasteiger partial charge in [0.25, 0.3) is 0 Å². The number of hydrogen-bond donors (Lipinski definition) is 0. The van der Waals surface area contributed by atoms with Crippen molar-refractivity contribution in [1.29, 1.82) is 0 Å². The monoisotopic (exact) mass is 268 g/mol. The Morgan fingerprint density at radius 1 is 1.40 bits per heavy atom. The van der Waals surface area contributed by atoms with Gasteiger partial charge in [0.05, 0.1) is 0 Å². The molecule has 20 heavy (non-hydrogen) atoms. The first-order valence-corrected chi connectivity index (χ1v) is 7.26. The third-order valence-corrected chi connectivity index (χ3v) is 3.78. The smallest absolute Gasteiger partial charge is 0.200 e. The van der Waals surface area contributed by atoms with Gasteiger partial charge in [0.15, 0.2) is 6.29 Å². The summed E-state index contributed by atoms with van der Waals surface area (Å²) in [5, 5.41) is 2.58. The molecule has 2 aromatic rings. The molecule has 0 aliphatic carbocycles. The van der Waals surface area contributed by atoms with Gasteiger partial charge in [0, 0.05) is 18.6 Å². The summed E-state index contributed by atoms with van der Waals surface area (Å²) in [6.07, 6.45) is 4.56. The van der Waals surface area contributed by atoms with Crippen LogP contribution in [-0.2, 0) is 17.6 Å². The zero-order chi connectivity index (χ0) is 13.9. The highest BCUT2D eigenvalue weighted by Gasteiger charge is 2.24. The predicted molar refractivity (Wildman–Crippen MR) is 82.2 cm³/mol. The summed E-state index contributed by atoms with van der Waals surface area (Å²) in [4.78, 5) is 0. The molecule has 3 rings (SSSR count). The molecule has 2 nitrogen and oxygen atoms in total. The van der Waals surface area contributed by atoms with E-state index in [1.165, 1.54) is 21.9 Å². The van der Waals surface area contributed by atoms with Crippen LogP contribution >= 0.6 is 0 Å². The number of ether oxygens (including phenoxy) is 2. The first-order valence-electron chi connectivity index (χ1n) is 7.26.